The van der Waals surface area contributed by atoms with E-state index in [0.717, 1.165) is 23.7 Å². The van der Waals surface area contributed by atoms with Gasteiger partial charge in [-0.05, 0) is 42.8 Å². The molecule has 3 aromatic rings. The lowest BCUT2D eigenvalue weighted by molar-refractivity contribution is 0.190. The Labute approximate surface area is 147 Å². The van der Waals surface area contributed by atoms with Crippen molar-refractivity contribution >= 4 is 12.2 Å². The van der Waals surface area contributed by atoms with Gasteiger partial charge in [-0.1, -0.05) is 48.5 Å². The first-order valence-electron chi connectivity index (χ1n) is 8.32. The summed E-state index contributed by atoms with van der Waals surface area (Å²) in [6.07, 6.45) is 4.22. The summed E-state index contributed by atoms with van der Waals surface area (Å²) in [4.78, 5) is 2.47. The van der Waals surface area contributed by atoms with Crippen molar-refractivity contribution in [1.29, 1.82) is 0 Å². The van der Waals surface area contributed by atoms with E-state index in [0.29, 0.717) is 6.04 Å². The maximum atomic E-state index is 5.63. The van der Waals surface area contributed by atoms with Gasteiger partial charge in [0.15, 0.2) is 0 Å². The number of benzene rings is 2. The Kier molecular flexibility index (Phi) is 4.28. The molecule has 1 aromatic heterocycles. The first-order valence-corrected chi connectivity index (χ1v) is 8.72. The Morgan fingerprint density at radius 2 is 1.71 bits per heavy atom. The van der Waals surface area contributed by atoms with Crippen molar-refractivity contribution in [3.63, 3.8) is 0 Å². The third-order valence-corrected chi connectivity index (χ3v) is 5.04. The number of rotatable bonds is 4. The lowest BCUT2D eigenvalue weighted by atomic mass is 10.1. The van der Waals surface area contributed by atoms with E-state index in [1.54, 1.807) is 0 Å². The predicted octanol–water partition coefficient (Wildman–Crippen LogP) is 4.20. The molecule has 0 N–H and O–H groups in total. The summed E-state index contributed by atoms with van der Waals surface area (Å²) in [6.45, 7) is 1.82. The van der Waals surface area contributed by atoms with E-state index in [1.165, 1.54) is 18.4 Å². The van der Waals surface area contributed by atoms with Crippen LogP contribution < -0.4 is 0 Å². The van der Waals surface area contributed by atoms with Crippen LogP contribution in [0.15, 0.2) is 67.0 Å². The second-order valence-electron chi connectivity index (χ2n) is 6.14. The summed E-state index contributed by atoms with van der Waals surface area (Å²) < 4.78 is 4.62. The van der Waals surface area contributed by atoms with Gasteiger partial charge in [0.25, 0.3) is 0 Å². The van der Waals surface area contributed by atoms with E-state index >= 15 is 0 Å². The monoisotopic (exact) mass is 336 g/mol. The molecule has 1 atom stereocenters. The van der Waals surface area contributed by atoms with Crippen LogP contribution in [0.5, 0.6) is 0 Å². The van der Waals surface area contributed by atoms with E-state index < -0.39 is 0 Å². The maximum absolute atomic E-state index is 5.63. The van der Waals surface area contributed by atoms with E-state index in [4.69, 9.17) is 12.2 Å². The molecule has 0 radical (unpaired) electrons. The maximum Gasteiger partial charge on any atom is 0.203 e. The minimum atomic E-state index is 0.454. The SMILES string of the molecule is S=c1n(-c2ccccc2)cnn1CN1CCC[C@H]1c1ccccc1. The second kappa shape index (κ2) is 6.71. The van der Waals surface area contributed by atoms with Crippen LogP contribution in [-0.2, 0) is 6.67 Å². The van der Waals surface area contributed by atoms with Crippen molar-refractivity contribution in [2.75, 3.05) is 6.54 Å². The van der Waals surface area contributed by atoms with Gasteiger partial charge in [-0.15, -0.1) is 0 Å². The lowest BCUT2D eigenvalue weighted by Gasteiger charge is -2.24. The number of hydrogen-bond acceptors (Lipinski definition) is 3. The molecule has 0 unspecified atom stereocenters. The molecule has 1 fully saturated rings. The predicted molar refractivity (Wildman–Crippen MR) is 97.5 cm³/mol. The van der Waals surface area contributed by atoms with Gasteiger partial charge in [-0.3, -0.25) is 9.47 Å². The van der Waals surface area contributed by atoms with Gasteiger partial charge in [-0.25, -0.2) is 4.68 Å². The van der Waals surface area contributed by atoms with Gasteiger partial charge in [0.2, 0.25) is 4.77 Å². The second-order valence-corrected chi connectivity index (χ2v) is 6.51. The fourth-order valence-electron chi connectivity index (χ4n) is 3.42. The van der Waals surface area contributed by atoms with Gasteiger partial charge >= 0.3 is 0 Å². The van der Waals surface area contributed by atoms with E-state index in [-0.39, 0.29) is 0 Å². The van der Waals surface area contributed by atoms with Gasteiger partial charge in [0.05, 0.1) is 6.67 Å². The van der Waals surface area contributed by atoms with Crippen molar-refractivity contribution in [2.24, 2.45) is 0 Å². The Morgan fingerprint density at radius 3 is 2.46 bits per heavy atom. The minimum Gasteiger partial charge on any atom is -0.277 e. The van der Waals surface area contributed by atoms with Crippen LogP contribution in [0.25, 0.3) is 5.69 Å². The zero-order chi connectivity index (χ0) is 16.4. The lowest BCUT2D eigenvalue weighted by Crippen LogP contribution is -2.27. The highest BCUT2D eigenvalue weighted by Gasteiger charge is 2.26. The van der Waals surface area contributed by atoms with Crippen molar-refractivity contribution in [1.82, 2.24) is 19.2 Å². The molecular formula is C19H20N4S. The summed E-state index contributed by atoms with van der Waals surface area (Å²) in [6, 6.07) is 21.3. The van der Waals surface area contributed by atoms with Gasteiger partial charge in [-0.2, -0.15) is 5.10 Å². The zero-order valence-corrected chi connectivity index (χ0v) is 14.3. The molecule has 4 rings (SSSR count). The number of likely N-dealkylation sites (tertiary alicyclic amines) is 1. The van der Waals surface area contributed by atoms with Gasteiger partial charge in [0.1, 0.15) is 6.33 Å². The first-order chi connectivity index (χ1) is 11.8. The number of aromatic nitrogens is 3. The van der Waals surface area contributed by atoms with Crippen LogP contribution >= 0.6 is 12.2 Å². The van der Waals surface area contributed by atoms with E-state index in [9.17, 15) is 0 Å². The van der Waals surface area contributed by atoms with Crippen LogP contribution in [0, 0.1) is 4.77 Å². The van der Waals surface area contributed by atoms with Crippen LogP contribution in [0.1, 0.15) is 24.4 Å². The van der Waals surface area contributed by atoms with E-state index in [1.807, 2.05) is 45.9 Å². The average Bonchev–Trinajstić information content (AvgIpc) is 3.24. The molecule has 1 aliphatic heterocycles. The summed E-state index contributed by atoms with van der Waals surface area (Å²) in [5, 5.41) is 4.52. The molecule has 1 aliphatic rings. The first kappa shape index (κ1) is 15.3. The largest absolute Gasteiger partial charge is 0.277 e. The Balaban J connectivity index is 1.58. The molecule has 0 aliphatic carbocycles. The zero-order valence-electron chi connectivity index (χ0n) is 13.5. The van der Waals surface area contributed by atoms with Crippen LogP contribution in [0.3, 0.4) is 0 Å². The molecule has 0 spiro atoms. The topological polar surface area (TPSA) is 26.0 Å². The minimum absolute atomic E-state index is 0.454. The Bertz CT molecular complexity index is 854. The summed E-state index contributed by atoms with van der Waals surface area (Å²) >= 11 is 5.63. The fraction of sp³-hybridized carbons (Fsp3) is 0.263. The molecule has 1 saturated heterocycles. The smallest absolute Gasteiger partial charge is 0.203 e. The molecule has 5 heteroatoms. The van der Waals surface area contributed by atoms with Crippen molar-refractivity contribution < 1.29 is 0 Å². The van der Waals surface area contributed by atoms with Crippen molar-refractivity contribution in [3.05, 3.63) is 77.3 Å². The van der Waals surface area contributed by atoms with Crippen LogP contribution in [0.4, 0.5) is 0 Å². The Hall–Kier alpha value is -2.24. The Morgan fingerprint density at radius 1 is 1.00 bits per heavy atom. The molecule has 2 aromatic carbocycles. The molecule has 0 amide bonds. The quantitative estimate of drug-likeness (QED) is 0.668. The number of hydrogen-bond donors (Lipinski definition) is 0. The summed E-state index contributed by atoms with van der Waals surface area (Å²) in [5.74, 6) is 0. The molecule has 4 nitrogen and oxygen atoms in total. The molecule has 122 valence electrons. The molecule has 24 heavy (non-hydrogen) atoms. The number of nitrogens with zero attached hydrogens (tertiary/aromatic N) is 4. The molecule has 0 bridgehead atoms. The van der Waals surface area contributed by atoms with E-state index in [2.05, 4.69) is 40.3 Å². The summed E-state index contributed by atoms with van der Waals surface area (Å²) in [5.41, 5.74) is 2.43. The van der Waals surface area contributed by atoms with Crippen LogP contribution in [-0.4, -0.2) is 25.8 Å². The standard InChI is InChI=1S/C19H20N4S/c24-19-22(17-10-5-2-6-11-17)14-20-23(19)15-21-13-7-12-18(21)16-8-3-1-4-9-16/h1-6,8-11,14,18H,7,12-13,15H2/t18-/m0/s1. The molecular weight excluding hydrogens is 316 g/mol. The normalized spacial score (nSPS) is 18.1. The number of para-hydroxylation sites is 1. The fourth-order valence-corrected chi connectivity index (χ4v) is 3.68. The van der Waals surface area contributed by atoms with Gasteiger partial charge in [0, 0.05) is 18.3 Å². The highest BCUT2D eigenvalue weighted by atomic mass is 32.1. The van der Waals surface area contributed by atoms with Crippen LogP contribution in [0.2, 0.25) is 0 Å². The highest BCUT2D eigenvalue weighted by Crippen LogP contribution is 2.32. The molecule has 0 saturated carbocycles. The van der Waals surface area contributed by atoms with Crippen molar-refractivity contribution in [2.45, 2.75) is 25.6 Å². The molecule has 2 heterocycles. The highest BCUT2D eigenvalue weighted by molar-refractivity contribution is 7.71. The summed E-state index contributed by atoms with van der Waals surface area (Å²) in [7, 11) is 0. The third-order valence-electron chi connectivity index (χ3n) is 4.63. The van der Waals surface area contributed by atoms with Crippen molar-refractivity contribution in [3.8, 4) is 5.69 Å². The average molecular weight is 336 g/mol. The third kappa shape index (κ3) is 2.92. The van der Waals surface area contributed by atoms with Gasteiger partial charge < -0.3 is 0 Å².